The van der Waals surface area contributed by atoms with Crippen molar-refractivity contribution in [1.29, 1.82) is 0 Å². The van der Waals surface area contributed by atoms with Crippen LogP contribution in [0.15, 0.2) is 200 Å². The molecule has 0 saturated heterocycles. The Labute approximate surface area is 347 Å². The van der Waals surface area contributed by atoms with Crippen LogP contribution < -0.4 is 0 Å². The average molecular weight is 766 g/mol. The van der Waals surface area contributed by atoms with Crippen molar-refractivity contribution in [2.24, 2.45) is 0 Å². The Morgan fingerprint density at radius 1 is 0.283 bits per heavy atom. The fourth-order valence-electron chi connectivity index (χ4n) is 10.6. The number of benzene rings is 9. The Bertz CT molecular complexity index is 3730. The molecule has 1 aliphatic carbocycles. The second kappa shape index (κ2) is 12.2. The van der Waals surface area contributed by atoms with E-state index in [1.807, 2.05) is 0 Å². The topological polar surface area (TPSA) is 14.8 Å². The molecule has 0 aliphatic heterocycles. The molecular formula is C57H39N3. The van der Waals surface area contributed by atoms with E-state index < -0.39 is 0 Å². The van der Waals surface area contributed by atoms with E-state index in [-0.39, 0.29) is 5.41 Å². The molecule has 0 bridgehead atoms. The normalized spacial score (nSPS) is 13.3. The van der Waals surface area contributed by atoms with Gasteiger partial charge >= 0.3 is 0 Å². The lowest BCUT2D eigenvalue weighted by Crippen LogP contribution is -2.14. The van der Waals surface area contributed by atoms with Gasteiger partial charge in [-0.3, -0.25) is 0 Å². The second-order valence-corrected chi connectivity index (χ2v) is 17.0. The molecule has 0 amide bonds. The van der Waals surface area contributed by atoms with Crippen LogP contribution in [0.4, 0.5) is 0 Å². The van der Waals surface area contributed by atoms with E-state index >= 15 is 0 Å². The first-order chi connectivity index (χ1) is 29.5. The molecule has 12 aromatic rings. The third kappa shape index (κ3) is 4.55. The predicted molar refractivity (Wildman–Crippen MR) is 252 cm³/mol. The van der Waals surface area contributed by atoms with Gasteiger partial charge in [0.25, 0.3) is 0 Å². The summed E-state index contributed by atoms with van der Waals surface area (Å²) in [7, 11) is 0. The smallest absolute Gasteiger partial charge is 0.0561 e. The number of rotatable bonds is 4. The largest absolute Gasteiger partial charge is 0.309 e. The van der Waals surface area contributed by atoms with Crippen LogP contribution in [0.5, 0.6) is 0 Å². The van der Waals surface area contributed by atoms with Gasteiger partial charge in [0.1, 0.15) is 0 Å². The average Bonchev–Trinajstić information content (AvgIpc) is 3.99. The SMILES string of the molecule is CC1(C)c2ccccc2-c2cc3c(cc21)c1cc(-c2ccc4c(c2)c2ccccc2n4-c2ccccc2)ccc1n3-c1ccc2c3ccccc3n(-c3ccccc3)c2c1. The first-order valence-electron chi connectivity index (χ1n) is 20.9. The standard InChI is InChI=1S/C57H39N3/c1-57(2)49-22-12-9-19-41(49)45-35-56-48(34-50(45)57)47-32-37(36-25-29-53-46(31-36)43-21-11-14-24-52(43)58(53)38-15-5-3-6-16-38)26-30-54(47)60(56)40-27-28-44-42-20-10-13-23-51(42)59(55(44)33-40)39-17-7-4-8-18-39/h3-35H,1-2H3. The number of nitrogens with zero attached hydrogens (tertiary/aromatic N) is 3. The Balaban J connectivity index is 1.07. The second-order valence-electron chi connectivity index (χ2n) is 17.0. The van der Waals surface area contributed by atoms with Crippen molar-refractivity contribution in [3.8, 4) is 39.3 Å². The fraction of sp³-hybridized carbons (Fsp3) is 0.0526. The Morgan fingerprint density at radius 2 is 0.750 bits per heavy atom. The summed E-state index contributed by atoms with van der Waals surface area (Å²) in [4.78, 5) is 0. The summed E-state index contributed by atoms with van der Waals surface area (Å²) in [6, 6.07) is 74.1. The van der Waals surface area contributed by atoms with E-state index in [1.165, 1.54) is 104 Å². The lowest BCUT2D eigenvalue weighted by molar-refractivity contribution is 0.661. The van der Waals surface area contributed by atoms with Crippen LogP contribution in [0, 0.1) is 0 Å². The van der Waals surface area contributed by atoms with Gasteiger partial charge in [0.05, 0.1) is 33.1 Å². The van der Waals surface area contributed by atoms with Crippen LogP contribution in [0.3, 0.4) is 0 Å². The van der Waals surface area contributed by atoms with E-state index in [1.54, 1.807) is 0 Å². The Morgan fingerprint density at radius 3 is 1.42 bits per heavy atom. The molecule has 60 heavy (non-hydrogen) atoms. The Hall–Kier alpha value is -7.62. The van der Waals surface area contributed by atoms with Gasteiger partial charge in [-0.1, -0.05) is 129 Å². The zero-order valence-corrected chi connectivity index (χ0v) is 33.4. The molecule has 3 heteroatoms. The third-order valence-electron chi connectivity index (χ3n) is 13.4. The van der Waals surface area contributed by atoms with Crippen LogP contribution in [0.25, 0.3) is 105 Å². The first kappa shape index (κ1) is 33.4. The van der Waals surface area contributed by atoms with Crippen molar-refractivity contribution in [3.63, 3.8) is 0 Å². The minimum atomic E-state index is -0.111. The lowest BCUT2D eigenvalue weighted by Gasteiger charge is -2.21. The van der Waals surface area contributed by atoms with E-state index in [4.69, 9.17) is 0 Å². The summed E-state index contributed by atoms with van der Waals surface area (Å²) < 4.78 is 7.31. The van der Waals surface area contributed by atoms with Gasteiger partial charge in [0.2, 0.25) is 0 Å². The number of para-hydroxylation sites is 4. The third-order valence-corrected chi connectivity index (χ3v) is 13.4. The fourth-order valence-corrected chi connectivity index (χ4v) is 10.6. The van der Waals surface area contributed by atoms with Crippen molar-refractivity contribution in [3.05, 3.63) is 211 Å². The molecule has 282 valence electrons. The molecule has 0 fully saturated rings. The van der Waals surface area contributed by atoms with Crippen molar-refractivity contribution in [1.82, 2.24) is 13.7 Å². The number of aromatic nitrogens is 3. The maximum absolute atomic E-state index is 2.51. The van der Waals surface area contributed by atoms with Crippen molar-refractivity contribution >= 4 is 65.4 Å². The monoisotopic (exact) mass is 765 g/mol. The van der Waals surface area contributed by atoms with Crippen LogP contribution in [0.1, 0.15) is 25.0 Å². The number of hydrogen-bond acceptors (Lipinski definition) is 0. The highest BCUT2D eigenvalue weighted by atomic mass is 15.0. The summed E-state index contributed by atoms with van der Waals surface area (Å²) >= 11 is 0. The molecule has 0 N–H and O–H groups in total. The van der Waals surface area contributed by atoms with E-state index in [2.05, 4.69) is 228 Å². The molecule has 1 aliphatic rings. The van der Waals surface area contributed by atoms with Gasteiger partial charge in [0, 0.05) is 54.8 Å². The van der Waals surface area contributed by atoms with Crippen LogP contribution in [0.2, 0.25) is 0 Å². The van der Waals surface area contributed by atoms with Gasteiger partial charge in [-0.15, -0.1) is 0 Å². The molecular weight excluding hydrogens is 727 g/mol. The summed E-state index contributed by atoms with van der Waals surface area (Å²) in [5, 5.41) is 7.56. The molecule has 13 rings (SSSR count). The zero-order valence-electron chi connectivity index (χ0n) is 33.4. The van der Waals surface area contributed by atoms with Crippen molar-refractivity contribution < 1.29 is 0 Å². The van der Waals surface area contributed by atoms with E-state index in [0.29, 0.717) is 0 Å². The summed E-state index contributed by atoms with van der Waals surface area (Å²) in [5.41, 5.74) is 18.5. The molecule has 0 unspecified atom stereocenters. The molecule has 0 radical (unpaired) electrons. The molecule has 9 aromatic carbocycles. The zero-order chi connectivity index (χ0) is 39.7. The van der Waals surface area contributed by atoms with Crippen molar-refractivity contribution in [2.45, 2.75) is 19.3 Å². The summed E-state index contributed by atoms with van der Waals surface area (Å²) in [6.45, 7) is 4.76. The lowest BCUT2D eigenvalue weighted by atomic mass is 9.82. The Kier molecular flexibility index (Phi) is 6.78. The van der Waals surface area contributed by atoms with Gasteiger partial charge < -0.3 is 13.7 Å². The number of hydrogen-bond donors (Lipinski definition) is 0. The van der Waals surface area contributed by atoms with E-state index in [9.17, 15) is 0 Å². The van der Waals surface area contributed by atoms with Gasteiger partial charge in [-0.2, -0.15) is 0 Å². The first-order valence-corrected chi connectivity index (χ1v) is 20.9. The molecule has 3 aromatic heterocycles. The number of fused-ring (bicyclic) bond motifs is 12. The van der Waals surface area contributed by atoms with Crippen LogP contribution in [-0.2, 0) is 5.41 Å². The summed E-state index contributed by atoms with van der Waals surface area (Å²) in [5.74, 6) is 0. The van der Waals surface area contributed by atoms with Crippen molar-refractivity contribution in [2.75, 3.05) is 0 Å². The van der Waals surface area contributed by atoms with Crippen LogP contribution >= 0.6 is 0 Å². The molecule has 0 saturated carbocycles. The maximum atomic E-state index is 2.51. The quantitative estimate of drug-likeness (QED) is 0.169. The molecule has 0 atom stereocenters. The minimum Gasteiger partial charge on any atom is -0.309 e. The molecule has 3 heterocycles. The predicted octanol–water partition coefficient (Wildman–Crippen LogP) is 15.0. The highest BCUT2D eigenvalue weighted by Gasteiger charge is 2.36. The molecule has 3 nitrogen and oxygen atoms in total. The van der Waals surface area contributed by atoms with Crippen LogP contribution in [-0.4, -0.2) is 13.7 Å². The van der Waals surface area contributed by atoms with E-state index in [0.717, 1.165) is 11.4 Å². The molecule has 0 spiro atoms. The highest BCUT2D eigenvalue weighted by molar-refractivity contribution is 6.15. The summed E-state index contributed by atoms with van der Waals surface area (Å²) in [6.07, 6.45) is 0. The van der Waals surface area contributed by atoms with Gasteiger partial charge in [-0.05, 0) is 118 Å². The maximum Gasteiger partial charge on any atom is 0.0561 e. The van der Waals surface area contributed by atoms with Gasteiger partial charge in [-0.25, -0.2) is 0 Å². The minimum absolute atomic E-state index is 0.111. The van der Waals surface area contributed by atoms with Gasteiger partial charge in [0.15, 0.2) is 0 Å². The highest BCUT2D eigenvalue weighted by Crippen LogP contribution is 2.51.